The average Bonchev–Trinajstić information content (AvgIpc) is 2.12. The Balaban J connectivity index is 4.03. The third-order valence-electron chi connectivity index (χ3n) is 1.85. The second-order valence-electron chi connectivity index (χ2n) is 3.06. The van der Waals surface area contributed by atoms with Crippen molar-refractivity contribution in [3.8, 4) is 0 Å². The summed E-state index contributed by atoms with van der Waals surface area (Å²) in [7, 11) is -10.1. The zero-order chi connectivity index (χ0) is 15.2. The van der Waals surface area contributed by atoms with Crippen LogP contribution < -0.4 is 0 Å². The van der Waals surface area contributed by atoms with Crippen LogP contribution in [-0.2, 0) is 20.2 Å². The fraction of sp³-hybridized carbons (Fsp3) is 0. The van der Waals surface area contributed by atoms with Crippen molar-refractivity contribution < 1.29 is 30.9 Å². The molecular weight excluding hydrogens is 349 g/mol. The number of hydrogen-bond acceptors (Lipinski definition) is 6. The van der Waals surface area contributed by atoms with E-state index >= 15 is 0 Å². The summed E-state index contributed by atoms with van der Waals surface area (Å²) in [6, 6.07) is 0.211. The SMILES string of the molecule is O=[N+]([O-])c1c(Cl)c(S(=O)(=O)O)cc(S(=O)(=O)O)c1Cl. The quantitative estimate of drug-likeness (QED) is 0.470. The normalized spacial score (nSPS) is 12.4. The Hall–Kier alpha value is -0.980. The van der Waals surface area contributed by atoms with Crippen molar-refractivity contribution in [2.45, 2.75) is 9.79 Å². The molecule has 2 N–H and O–H groups in total. The van der Waals surface area contributed by atoms with Gasteiger partial charge in [-0.3, -0.25) is 19.2 Å². The van der Waals surface area contributed by atoms with Gasteiger partial charge in [0.1, 0.15) is 19.8 Å². The van der Waals surface area contributed by atoms with Crippen molar-refractivity contribution in [2.75, 3.05) is 0 Å². The molecule has 0 radical (unpaired) electrons. The van der Waals surface area contributed by atoms with Gasteiger partial charge in [-0.25, -0.2) is 0 Å². The second kappa shape index (κ2) is 4.85. The Morgan fingerprint density at radius 2 is 1.32 bits per heavy atom. The van der Waals surface area contributed by atoms with Gasteiger partial charge in [0, 0.05) is 0 Å². The largest absolute Gasteiger partial charge is 0.309 e. The lowest BCUT2D eigenvalue weighted by Gasteiger charge is -2.07. The highest BCUT2D eigenvalue weighted by atomic mass is 35.5. The molecule has 0 atom stereocenters. The van der Waals surface area contributed by atoms with E-state index in [4.69, 9.17) is 32.3 Å². The van der Waals surface area contributed by atoms with Crippen LogP contribution in [0.25, 0.3) is 0 Å². The van der Waals surface area contributed by atoms with Crippen LogP contribution in [0, 0.1) is 10.1 Å². The molecule has 0 aromatic heterocycles. The Morgan fingerprint density at radius 3 is 1.53 bits per heavy atom. The number of nitro benzene ring substituents is 1. The summed E-state index contributed by atoms with van der Waals surface area (Å²) < 4.78 is 61.4. The topological polar surface area (TPSA) is 152 Å². The van der Waals surface area contributed by atoms with Crippen molar-refractivity contribution in [3.05, 3.63) is 26.2 Å². The first kappa shape index (κ1) is 16.1. The van der Waals surface area contributed by atoms with Gasteiger partial charge in [-0.2, -0.15) is 16.8 Å². The third-order valence-corrected chi connectivity index (χ3v) is 4.59. The van der Waals surface area contributed by atoms with Gasteiger partial charge in [-0.05, 0) is 6.07 Å². The van der Waals surface area contributed by atoms with Crippen LogP contribution in [0.15, 0.2) is 15.9 Å². The van der Waals surface area contributed by atoms with Gasteiger partial charge in [-0.1, -0.05) is 23.2 Å². The highest BCUT2D eigenvalue weighted by molar-refractivity contribution is 7.86. The zero-order valence-electron chi connectivity index (χ0n) is 8.44. The summed E-state index contributed by atoms with van der Waals surface area (Å²) in [5.74, 6) is 0. The summed E-state index contributed by atoms with van der Waals surface area (Å²) in [5.41, 5.74) is -1.27. The molecule has 0 spiro atoms. The summed E-state index contributed by atoms with van der Waals surface area (Å²) in [4.78, 5) is 6.90. The molecule has 0 heterocycles. The van der Waals surface area contributed by atoms with Gasteiger partial charge >= 0.3 is 5.69 Å². The van der Waals surface area contributed by atoms with Gasteiger partial charge in [0.05, 0.1) is 4.92 Å². The van der Waals surface area contributed by atoms with E-state index in [-0.39, 0.29) is 6.07 Å². The Morgan fingerprint density at radius 1 is 1.00 bits per heavy atom. The number of nitro groups is 1. The standard InChI is InChI=1S/C6H3Cl2NO8S2/c7-4-2(18(12,13)14)1-3(19(15,16)17)5(8)6(4)9(10)11/h1H,(H,12,13,14)(H,15,16,17). The van der Waals surface area contributed by atoms with Crippen LogP contribution in [-0.4, -0.2) is 30.9 Å². The first-order valence-corrected chi connectivity index (χ1v) is 7.62. The van der Waals surface area contributed by atoms with E-state index < -0.39 is 50.7 Å². The summed E-state index contributed by atoms with van der Waals surface area (Å²) in [6.07, 6.45) is 0. The van der Waals surface area contributed by atoms with Crippen LogP contribution in [0.1, 0.15) is 0 Å². The van der Waals surface area contributed by atoms with E-state index in [1.165, 1.54) is 0 Å². The lowest BCUT2D eigenvalue weighted by Crippen LogP contribution is -2.07. The predicted molar refractivity (Wildman–Crippen MR) is 62.7 cm³/mol. The van der Waals surface area contributed by atoms with E-state index in [0.29, 0.717) is 0 Å². The minimum Gasteiger partial charge on any atom is -0.282 e. The lowest BCUT2D eigenvalue weighted by atomic mass is 10.3. The summed E-state index contributed by atoms with van der Waals surface area (Å²) >= 11 is 10.7. The molecule has 19 heavy (non-hydrogen) atoms. The van der Waals surface area contributed by atoms with Crippen molar-refractivity contribution in [1.29, 1.82) is 0 Å². The smallest absolute Gasteiger partial charge is 0.282 e. The van der Waals surface area contributed by atoms with Crippen LogP contribution in [0.5, 0.6) is 0 Å². The second-order valence-corrected chi connectivity index (χ2v) is 6.59. The van der Waals surface area contributed by atoms with Crippen LogP contribution in [0.2, 0.25) is 10.0 Å². The van der Waals surface area contributed by atoms with E-state index in [1.54, 1.807) is 0 Å². The number of nitrogens with zero attached hydrogens (tertiary/aromatic N) is 1. The van der Waals surface area contributed by atoms with Gasteiger partial charge in [-0.15, -0.1) is 0 Å². The van der Waals surface area contributed by atoms with Crippen LogP contribution >= 0.6 is 23.2 Å². The van der Waals surface area contributed by atoms with Crippen molar-refractivity contribution in [3.63, 3.8) is 0 Å². The number of rotatable bonds is 3. The van der Waals surface area contributed by atoms with Crippen LogP contribution in [0.3, 0.4) is 0 Å². The molecule has 9 nitrogen and oxygen atoms in total. The Labute approximate surface area is 116 Å². The van der Waals surface area contributed by atoms with E-state index in [9.17, 15) is 26.9 Å². The van der Waals surface area contributed by atoms with Gasteiger partial charge in [0.15, 0.2) is 0 Å². The molecule has 0 aliphatic heterocycles. The molecule has 13 heteroatoms. The minimum atomic E-state index is -5.06. The molecule has 106 valence electrons. The van der Waals surface area contributed by atoms with E-state index in [1.807, 2.05) is 0 Å². The van der Waals surface area contributed by atoms with Crippen molar-refractivity contribution in [1.82, 2.24) is 0 Å². The molecule has 1 rings (SSSR count). The highest BCUT2D eigenvalue weighted by Crippen LogP contribution is 2.41. The number of halogens is 2. The first-order valence-electron chi connectivity index (χ1n) is 3.98. The molecule has 1 aromatic rings. The lowest BCUT2D eigenvalue weighted by molar-refractivity contribution is -0.385. The molecule has 0 amide bonds. The summed E-state index contributed by atoms with van der Waals surface area (Å²) in [6.45, 7) is 0. The number of hydrogen-bond donors (Lipinski definition) is 2. The van der Waals surface area contributed by atoms with Crippen LogP contribution in [0.4, 0.5) is 5.69 Å². The fourth-order valence-electron chi connectivity index (χ4n) is 1.11. The molecule has 0 aliphatic rings. The Kier molecular flexibility index (Phi) is 4.10. The zero-order valence-corrected chi connectivity index (χ0v) is 11.6. The highest BCUT2D eigenvalue weighted by Gasteiger charge is 2.33. The molecule has 1 aromatic carbocycles. The number of benzene rings is 1. The molecule has 0 fully saturated rings. The molecule has 0 unspecified atom stereocenters. The van der Waals surface area contributed by atoms with E-state index in [0.717, 1.165) is 0 Å². The van der Waals surface area contributed by atoms with E-state index in [2.05, 4.69) is 0 Å². The first-order chi connectivity index (χ1) is 8.37. The van der Waals surface area contributed by atoms with Gasteiger partial charge in [0.25, 0.3) is 20.2 Å². The molecule has 0 saturated heterocycles. The fourth-order valence-corrected chi connectivity index (χ4v) is 3.44. The van der Waals surface area contributed by atoms with Gasteiger partial charge < -0.3 is 0 Å². The molecular formula is C6H3Cl2NO8S2. The predicted octanol–water partition coefficient (Wildman–Crippen LogP) is 1.40. The molecule has 0 saturated carbocycles. The maximum absolute atomic E-state index is 10.9. The monoisotopic (exact) mass is 351 g/mol. The average molecular weight is 352 g/mol. The maximum Gasteiger partial charge on any atom is 0.309 e. The Bertz CT molecular complexity index is 713. The summed E-state index contributed by atoms with van der Waals surface area (Å²) in [5, 5.41) is 8.53. The molecule has 0 aliphatic carbocycles. The van der Waals surface area contributed by atoms with Gasteiger partial charge in [0.2, 0.25) is 0 Å². The van der Waals surface area contributed by atoms with Crippen molar-refractivity contribution >= 4 is 49.1 Å². The third kappa shape index (κ3) is 3.13. The maximum atomic E-state index is 10.9. The molecule has 0 bridgehead atoms. The minimum absolute atomic E-state index is 0.211. The van der Waals surface area contributed by atoms with Crippen molar-refractivity contribution in [2.24, 2.45) is 0 Å².